The lowest BCUT2D eigenvalue weighted by Crippen LogP contribution is -2.21. The Morgan fingerprint density at radius 2 is 1.91 bits per heavy atom. The van der Waals surface area contributed by atoms with Gasteiger partial charge in [-0.15, -0.1) is 0 Å². The van der Waals surface area contributed by atoms with E-state index in [1.165, 1.54) is 6.20 Å². The monoisotopic (exact) mass is 372 g/mol. The van der Waals surface area contributed by atoms with Crippen molar-refractivity contribution in [1.82, 2.24) is 4.98 Å². The number of carbonyl (C=O) groups is 2. The van der Waals surface area contributed by atoms with Gasteiger partial charge in [0.15, 0.2) is 11.8 Å². The summed E-state index contributed by atoms with van der Waals surface area (Å²) in [5.74, 6) is -1.07. The van der Waals surface area contributed by atoms with Gasteiger partial charge in [-0.05, 0) is 29.8 Å². The van der Waals surface area contributed by atoms with Crippen molar-refractivity contribution in [1.29, 1.82) is 0 Å². The number of hydrogen-bond donors (Lipinski definition) is 1. The molecule has 2 rings (SSSR count). The topological polar surface area (TPSA) is 68.3 Å². The molecule has 1 aromatic carbocycles. The number of nitrogens with zero attached hydrogens (tertiary/aromatic N) is 1. The largest absolute Gasteiger partial charge is 0.455 e. The fraction of sp³-hybridized carbons (Fsp3) is 0.133. The second-order valence-corrected chi connectivity index (χ2v) is 5.65. The third-order valence-electron chi connectivity index (χ3n) is 2.73. The Bertz CT molecular complexity index is 738. The van der Waals surface area contributed by atoms with Crippen LogP contribution in [0.1, 0.15) is 5.56 Å². The highest BCUT2D eigenvalue weighted by molar-refractivity contribution is 6.42. The minimum Gasteiger partial charge on any atom is -0.455 e. The van der Waals surface area contributed by atoms with Gasteiger partial charge >= 0.3 is 5.97 Å². The standard InChI is InChI=1S/C15H11Cl3N2O3/c16-10-4-3-9(6-11(10)17)7-14(22)23-8-13(21)20-12-2-1-5-19-15(12)18/h1-6H,7-8H2,(H,20,21). The van der Waals surface area contributed by atoms with E-state index in [0.717, 1.165) is 0 Å². The summed E-state index contributed by atoms with van der Waals surface area (Å²) in [4.78, 5) is 27.2. The van der Waals surface area contributed by atoms with Gasteiger partial charge in [-0.2, -0.15) is 0 Å². The highest BCUT2D eigenvalue weighted by atomic mass is 35.5. The molecule has 23 heavy (non-hydrogen) atoms. The molecule has 1 heterocycles. The van der Waals surface area contributed by atoms with Gasteiger partial charge in [0.05, 0.1) is 22.2 Å². The van der Waals surface area contributed by atoms with E-state index in [9.17, 15) is 9.59 Å². The SMILES string of the molecule is O=C(COC(=O)Cc1ccc(Cl)c(Cl)c1)Nc1cccnc1Cl. The molecule has 0 fully saturated rings. The average molecular weight is 374 g/mol. The molecule has 0 aliphatic rings. The van der Waals surface area contributed by atoms with Crippen molar-refractivity contribution >= 4 is 52.4 Å². The van der Waals surface area contributed by atoms with Crippen LogP contribution in [0.2, 0.25) is 15.2 Å². The molecule has 5 nitrogen and oxygen atoms in total. The molecule has 120 valence electrons. The van der Waals surface area contributed by atoms with E-state index in [-0.39, 0.29) is 11.6 Å². The quantitative estimate of drug-likeness (QED) is 0.640. The first-order valence-corrected chi connectivity index (χ1v) is 7.59. The van der Waals surface area contributed by atoms with Crippen molar-refractivity contribution in [2.75, 3.05) is 11.9 Å². The smallest absolute Gasteiger partial charge is 0.310 e. The Balaban J connectivity index is 1.83. The number of rotatable bonds is 5. The van der Waals surface area contributed by atoms with Gasteiger partial charge in [0.1, 0.15) is 0 Å². The number of pyridine rings is 1. The summed E-state index contributed by atoms with van der Waals surface area (Å²) in [5, 5.41) is 3.40. The van der Waals surface area contributed by atoms with E-state index >= 15 is 0 Å². The van der Waals surface area contributed by atoms with Crippen molar-refractivity contribution in [2.24, 2.45) is 0 Å². The molecule has 0 saturated carbocycles. The minimum atomic E-state index is -0.559. The maximum atomic E-state index is 11.7. The Hall–Kier alpha value is -1.82. The fourth-order valence-corrected chi connectivity index (χ4v) is 2.17. The van der Waals surface area contributed by atoms with Crippen LogP contribution in [0.3, 0.4) is 0 Å². The van der Waals surface area contributed by atoms with Crippen LogP contribution in [0.5, 0.6) is 0 Å². The number of nitrogens with one attached hydrogen (secondary N) is 1. The summed E-state index contributed by atoms with van der Waals surface area (Å²) in [6.07, 6.45) is 1.48. The van der Waals surface area contributed by atoms with Crippen LogP contribution in [0, 0.1) is 0 Å². The lowest BCUT2D eigenvalue weighted by Gasteiger charge is -2.07. The zero-order valence-corrected chi connectivity index (χ0v) is 14.0. The van der Waals surface area contributed by atoms with Gasteiger partial charge < -0.3 is 10.1 Å². The summed E-state index contributed by atoms with van der Waals surface area (Å²) in [5.41, 5.74) is 0.986. The molecular weight excluding hydrogens is 363 g/mol. The van der Waals surface area contributed by atoms with Crippen molar-refractivity contribution < 1.29 is 14.3 Å². The van der Waals surface area contributed by atoms with Crippen molar-refractivity contribution in [3.8, 4) is 0 Å². The van der Waals surface area contributed by atoms with Gasteiger partial charge in [-0.1, -0.05) is 40.9 Å². The number of aromatic nitrogens is 1. The maximum Gasteiger partial charge on any atom is 0.310 e. The van der Waals surface area contributed by atoms with Gasteiger partial charge in [-0.25, -0.2) is 4.98 Å². The molecule has 0 spiro atoms. The predicted octanol–water partition coefficient (Wildman–Crippen LogP) is 3.77. The molecule has 0 aliphatic heterocycles. The summed E-state index contributed by atoms with van der Waals surface area (Å²) in [7, 11) is 0. The van der Waals surface area contributed by atoms with E-state index in [1.807, 2.05) is 0 Å². The molecule has 2 aromatic rings. The van der Waals surface area contributed by atoms with Gasteiger partial charge in [-0.3, -0.25) is 9.59 Å². The average Bonchev–Trinajstić information content (AvgIpc) is 2.51. The minimum absolute atomic E-state index is 0.0161. The second-order valence-electron chi connectivity index (χ2n) is 4.48. The molecule has 0 aliphatic carbocycles. The first kappa shape index (κ1) is 17.5. The number of ether oxygens (including phenoxy) is 1. The zero-order valence-electron chi connectivity index (χ0n) is 11.7. The number of anilines is 1. The Labute approximate surface area is 147 Å². The predicted molar refractivity (Wildman–Crippen MR) is 89.0 cm³/mol. The van der Waals surface area contributed by atoms with Crippen LogP contribution in [0.15, 0.2) is 36.5 Å². The highest BCUT2D eigenvalue weighted by Gasteiger charge is 2.11. The number of amides is 1. The summed E-state index contributed by atoms with van der Waals surface area (Å²) >= 11 is 17.5. The van der Waals surface area contributed by atoms with E-state index in [1.54, 1.807) is 30.3 Å². The van der Waals surface area contributed by atoms with Crippen LogP contribution < -0.4 is 5.32 Å². The van der Waals surface area contributed by atoms with Crippen molar-refractivity contribution in [3.63, 3.8) is 0 Å². The lowest BCUT2D eigenvalue weighted by molar-refractivity contribution is -0.146. The molecule has 8 heteroatoms. The number of hydrogen-bond acceptors (Lipinski definition) is 4. The molecule has 0 unspecified atom stereocenters. The number of carbonyl (C=O) groups excluding carboxylic acids is 2. The molecular formula is C15H11Cl3N2O3. The zero-order chi connectivity index (χ0) is 16.8. The van der Waals surface area contributed by atoms with Gasteiger partial charge in [0.2, 0.25) is 0 Å². The molecule has 1 aromatic heterocycles. The second kappa shape index (κ2) is 8.15. The van der Waals surface area contributed by atoms with Gasteiger partial charge in [0.25, 0.3) is 5.91 Å². The van der Waals surface area contributed by atoms with Crippen LogP contribution in [0.4, 0.5) is 5.69 Å². The lowest BCUT2D eigenvalue weighted by atomic mass is 10.1. The van der Waals surface area contributed by atoms with Crippen molar-refractivity contribution in [3.05, 3.63) is 57.3 Å². The van der Waals surface area contributed by atoms with E-state index < -0.39 is 18.5 Å². The van der Waals surface area contributed by atoms with Crippen LogP contribution in [-0.2, 0) is 20.7 Å². The Morgan fingerprint density at radius 1 is 1.13 bits per heavy atom. The number of halogens is 3. The van der Waals surface area contributed by atoms with Crippen LogP contribution in [0.25, 0.3) is 0 Å². The summed E-state index contributed by atoms with van der Waals surface area (Å²) < 4.78 is 4.90. The molecule has 0 radical (unpaired) electrons. The van der Waals surface area contributed by atoms with Crippen LogP contribution >= 0.6 is 34.8 Å². The summed E-state index contributed by atoms with van der Waals surface area (Å²) in [6, 6.07) is 8.03. The third-order valence-corrected chi connectivity index (χ3v) is 3.77. The number of benzene rings is 1. The number of esters is 1. The molecule has 1 N–H and O–H groups in total. The first-order chi connectivity index (χ1) is 11.0. The van der Waals surface area contributed by atoms with E-state index in [0.29, 0.717) is 21.3 Å². The summed E-state index contributed by atoms with van der Waals surface area (Å²) in [6.45, 7) is -0.425. The van der Waals surface area contributed by atoms with Crippen molar-refractivity contribution in [2.45, 2.75) is 6.42 Å². The third kappa shape index (κ3) is 5.39. The molecule has 0 atom stereocenters. The van der Waals surface area contributed by atoms with E-state index in [4.69, 9.17) is 39.5 Å². The van der Waals surface area contributed by atoms with Gasteiger partial charge in [0, 0.05) is 6.20 Å². The molecule has 0 bridgehead atoms. The Kier molecular flexibility index (Phi) is 6.21. The molecule has 1 amide bonds. The maximum absolute atomic E-state index is 11.7. The van der Waals surface area contributed by atoms with E-state index in [2.05, 4.69) is 10.3 Å². The molecule has 0 saturated heterocycles. The van der Waals surface area contributed by atoms with Crippen LogP contribution in [-0.4, -0.2) is 23.5 Å². The highest BCUT2D eigenvalue weighted by Crippen LogP contribution is 2.23. The first-order valence-electron chi connectivity index (χ1n) is 6.45. The normalized spacial score (nSPS) is 10.2. The fourth-order valence-electron chi connectivity index (χ4n) is 1.68. The Morgan fingerprint density at radius 3 is 2.61 bits per heavy atom.